The van der Waals surface area contributed by atoms with Gasteiger partial charge in [-0.05, 0) is 28.8 Å². The molecule has 1 N–H and O–H groups in total. The maximum atomic E-state index is 13.0. The van der Waals surface area contributed by atoms with Crippen molar-refractivity contribution in [3.63, 3.8) is 0 Å². The molecule has 4 rings (SSSR count). The molecule has 1 aliphatic rings. The van der Waals surface area contributed by atoms with Gasteiger partial charge in [-0.15, -0.1) is 0 Å². The zero-order valence-corrected chi connectivity index (χ0v) is 19.7. The molecule has 0 saturated carbocycles. The van der Waals surface area contributed by atoms with Crippen molar-refractivity contribution in [2.75, 3.05) is 26.2 Å². The molecule has 1 fully saturated rings. The number of nitrogens with zero attached hydrogens (tertiary/aromatic N) is 3. The van der Waals surface area contributed by atoms with Crippen molar-refractivity contribution in [1.29, 1.82) is 5.26 Å². The molecule has 1 heterocycles. The Hall–Kier alpha value is -3.59. The molecule has 3 aromatic carbocycles. The fourth-order valence-corrected chi connectivity index (χ4v) is 4.51. The summed E-state index contributed by atoms with van der Waals surface area (Å²) in [6.45, 7) is 3.09. The van der Waals surface area contributed by atoms with Gasteiger partial charge in [-0.1, -0.05) is 84.4 Å². The SMILES string of the molecule is N#C/C(=C/NCc1cccc(Cl)c1)C(=O)N1CCN(C(c2ccccc2)c2ccccc2)CC1. The maximum absolute atomic E-state index is 13.0. The summed E-state index contributed by atoms with van der Waals surface area (Å²) in [6, 6.07) is 30.6. The number of carbonyl (C=O) groups excluding carboxylic acids is 1. The molecule has 0 spiro atoms. The first-order valence-corrected chi connectivity index (χ1v) is 11.7. The number of hydrogen-bond acceptors (Lipinski definition) is 4. The molecule has 3 aromatic rings. The molecule has 1 saturated heterocycles. The van der Waals surface area contributed by atoms with Crippen LogP contribution in [0.5, 0.6) is 0 Å². The Balaban J connectivity index is 1.40. The number of hydrogen-bond donors (Lipinski definition) is 1. The number of amides is 1. The molecule has 0 atom stereocenters. The van der Waals surface area contributed by atoms with E-state index < -0.39 is 0 Å². The summed E-state index contributed by atoms with van der Waals surface area (Å²) in [5.41, 5.74) is 3.56. The van der Waals surface area contributed by atoms with Crippen LogP contribution >= 0.6 is 11.6 Å². The largest absolute Gasteiger partial charge is 0.386 e. The molecular formula is C28H27ClN4O. The van der Waals surface area contributed by atoms with Gasteiger partial charge in [0, 0.05) is 43.9 Å². The maximum Gasteiger partial charge on any atom is 0.266 e. The van der Waals surface area contributed by atoms with Gasteiger partial charge in [0.05, 0.1) is 6.04 Å². The number of nitriles is 1. The van der Waals surface area contributed by atoms with Crippen LogP contribution in [0.3, 0.4) is 0 Å². The third-order valence-electron chi connectivity index (χ3n) is 5.99. The molecule has 1 aliphatic heterocycles. The second kappa shape index (κ2) is 11.5. The van der Waals surface area contributed by atoms with Gasteiger partial charge >= 0.3 is 0 Å². The highest BCUT2D eigenvalue weighted by Gasteiger charge is 2.29. The fourth-order valence-electron chi connectivity index (χ4n) is 4.30. The molecule has 6 heteroatoms. The lowest BCUT2D eigenvalue weighted by atomic mass is 9.96. The highest BCUT2D eigenvalue weighted by Crippen LogP contribution is 2.29. The molecule has 0 unspecified atom stereocenters. The minimum atomic E-state index is -0.239. The normalized spacial score (nSPS) is 14.6. The third kappa shape index (κ3) is 5.85. The zero-order chi connectivity index (χ0) is 23.8. The van der Waals surface area contributed by atoms with Crippen LogP contribution in [0.2, 0.25) is 5.02 Å². The second-order valence-corrected chi connectivity index (χ2v) is 8.67. The Morgan fingerprint density at radius 3 is 2.12 bits per heavy atom. The van der Waals surface area contributed by atoms with Crippen molar-refractivity contribution in [2.24, 2.45) is 0 Å². The fraction of sp³-hybridized carbons (Fsp3) is 0.214. The van der Waals surface area contributed by atoms with E-state index in [1.807, 2.05) is 36.4 Å². The van der Waals surface area contributed by atoms with E-state index in [0.717, 1.165) is 18.7 Å². The quantitative estimate of drug-likeness (QED) is 0.399. The lowest BCUT2D eigenvalue weighted by molar-refractivity contribution is -0.128. The average molecular weight is 471 g/mol. The Labute approximate surface area is 205 Å². The van der Waals surface area contributed by atoms with Crippen molar-refractivity contribution in [2.45, 2.75) is 12.6 Å². The summed E-state index contributed by atoms with van der Waals surface area (Å²) in [6.07, 6.45) is 1.51. The van der Waals surface area contributed by atoms with Gasteiger partial charge < -0.3 is 10.2 Å². The molecule has 5 nitrogen and oxygen atoms in total. The van der Waals surface area contributed by atoms with Gasteiger partial charge in [-0.25, -0.2) is 0 Å². The number of rotatable bonds is 7. The molecule has 34 heavy (non-hydrogen) atoms. The van der Waals surface area contributed by atoms with Gasteiger partial charge in [-0.2, -0.15) is 5.26 Å². The summed E-state index contributed by atoms with van der Waals surface area (Å²) in [7, 11) is 0. The zero-order valence-electron chi connectivity index (χ0n) is 18.9. The summed E-state index contributed by atoms with van der Waals surface area (Å²) in [4.78, 5) is 17.2. The number of halogens is 1. The van der Waals surface area contributed by atoms with Crippen LogP contribution in [0, 0.1) is 11.3 Å². The standard InChI is InChI=1S/C28H27ClN4O/c29-26-13-7-8-22(18-26)20-31-21-25(19-30)28(34)33-16-14-32(15-17-33)27(23-9-3-1-4-10-23)24-11-5-2-6-12-24/h1-13,18,21,27,31H,14-17,20H2/b25-21-. The predicted molar refractivity (Wildman–Crippen MR) is 135 cm³/mol. The van der Waals surface area contributed by atoms with Crippen LogP contribution in [0.1, 0.15) is 22.7 Å². The summed E-state index contributed by atoms with van der Waals surface area (Å²) in [5.74, 6) is -0.239. The summed E-state index contributed by atoms with van der Waals surface area (Å²) < 4.78 is 0. The second-order valence-electron chi connectivity index (χ2n) is 8.23. The minimum absolute atomic E-state index is 0.109. The topological polar surface area (TPSA) is 59.4 Å². The van der Waals surface area contributed by atoms with Crippen LogP contribution < -0.4 is 5.32 Å². The van der Waals surface area contributed by atoms with Crippen molar-refractivity contribution < 1.29 is 4.79 Å². The first kappa shape index (κ1) is 23.6. The number of carbonyl (C=O) groups is 1. The smallest absolute Gasteiger partial charge is 0.266 e. The molecule has 0 aromatic heterocycles. The monoisotopic (exact) mass is 470 g/mol. The van der Waals surface area contributed by atoms with E-state index in [1.165, 1.54) is 17.3 Å². The van der Waals surface area contributed by atoms with Gasteiger partial charge in [0.25, 0.3) is 5.91 Å². The van der Waals surface area contributed by atoms with Gasteiger partial charge in [-0.3, -0.25) is 9.69 Å². The first-order valence-electron chi connectivity index (χ1n) is 11.4. The van der Waals surface area contributed by atoms with E-state index in [1.54, 1.807) is 4.90 Å². The van der Waals surface area contributed by atoms with E-state index in [-0.39, 0.29) is 17.5 Å². The van der Waals surface area contributed by atoms with Crippen molar-refractivity contribution in [3.8, 4) is 6.07 Å². The van der Waals surface area contributed by atoms with Gasteiger partial charge in [0.2, 0.25) is 0 Å². The highest BCUT2D eigenvalue weighted by atomic mass is 35.5. The average Bonchev–Trinajstić information content (AvgIpc) is 2.88. The van der Waals surface area contributed by atoms with Crippen LogP contribution in [0.15, 0.2) is 96.7 Å². The molecule has 172 valence electrons. The van der Waals surface area contributed by atoms with E-state index in [9.17, 15) is 10.1 Å². The Kier molecular flexibility index (Phi) is 7.98. The van der Waals surface area contributed by atoms with E-state index in [0.29, 0.717) is 24.7 Å². The lowest BCUT2D eigenvalue weighted by Crippen LogP contribution is -2.50. The third-order valence-corrected chi connectivity index (χ3v) is 6.22. The van der Waals surface area contributed by atoms with Crippen molar-refractivity contribution >= 4 is 17.5 Å². The highest BCUT2D eigenvalue weighted by molar-refractivity contribution is 6.30. The van der Waals surface area contributed by atoms with E-state index >= 15 is 0 Å². The lowest BCUT2D eigenvalue weighted by Gasteiger charge is -2.39. The predicted octanol–water partition coefficient (Wildman–Crippen LogP) is 4.77. The molecule has 0 bridgehead atoms. The van der Waals surface area contributed by atoms with Crippen LogP contribution in [0.25, 0.3) is 0 Å². The van der Waals surface area contributed by atoms with Gasteiger partial charge in [0.15, 0.2) is 0 Å². The van der Waals surface area contributed by atoms with E-state index in [4.69, 9.17) is 11.6 Å². The van der Waals surface area contributed by atoms with Crippen LogP contribution in [-0.4, -0.2) is 41.9 Å². The van der Waals surface area contributed by atoms with Crippen molar-refractivity contribution in [1.82, 2.24) is 15.1 Å². The number of nitrogens with one attached hydrogen (secondary N) is 1. The number of piperazine rings is 1. The Bertz CT molecular complexity index is 1130. The van der Waals surface area contributed by atoms with Crippen LogP contribution in [0.4, 0.5) is 0 Å². The summed E-state index contributed by atoms with van der Waals surface area (Å²) in [5, 5.41) is 13.3. The van der Waals surface area contributed by atoms with Gasteiger partial charge in [0.1, 0.15) is 11.6 Å². The Morgan fingerprint density at radius 1 is 0.941 bits per heavy atom. The van der Waals surface area contributed by atoms with Crippen molar-refractivity contribution in [3.05, 3.63) is 118 Å². The molecular weight excluding hydrogens is 444 g/mol. The molecule has 0 radical (unpaired) electrons. The summed E-state index contributed by atoms with van der Waals surface area (Å²) >= 11 is 6.02. The first-order chi connectivity index (χ1) is 16.7. The van der Waals surface area contributed by atoms with E-state index in [2.05, 4.69) is 64.8 Å². The molecule has 0 aliphatic carbocycles. The van der Waals surface area contributed by atoms with Crippen LogP contribution in [-0.2, 0) is 11.3 Å². The Morgan fingerprint density at radius 2 is 1.56 bits per heavy atom. The molecule has 1 amide bonds. The minimum Gasteiger partial charge on any atom is -0.386 e. The number of benzene rings is 3.